The summed E-state index contributed by atoms with van der Waals surface area (Å²) in [6, 6.07) is 24.6. The van der Waals surface area contributed by atoms with Crippen molar-refractivity contribution in [3.05, 3.63) is 122 Å². The SMILES string of the molecule is CC1(C)CCC(CN2CCN(c3ccc(C(=O)NS(=O)(=O)c4ccc(NCC5CCOCC5)c([N+](=O)[O-])c4)c(Oc4ccccc4C4CNNC4)c3)CC2)=C(c2ccc(Cl)cc2)C1. The predicted molar refractivity (Wildman–Crippen MR) is 246 cm³/mol. The number of carbonyl (C=O) groups excluding carboxylic acids is 1. The molecule has 0 saturated carbocycles. The number of hydrogen-bond acceptors (Lipinski definition) is 12. The number of amides is 1. The summed E-state index contributed by atoms with van der Waals surface area (Å²) < 4.78 is 41.7. The molecule has 0 bridgehead atoms. The number of sulfonamides is 1. The number of nitro benzene ring substituents is 1. The van der Waals surface area contributed by atoms with Gasteiger partial charge in [-0.1, -0.05) is 61.4 Å². The lowest BCUT2D eigenvalue weighted by atomic mass is 9.72. The monoisotopic (exact) mass is 897 g/mol. The number of rotatable bonds is 14. The molecule has 4 N–H and O–H groups in total. The van der Waals surface area contributed by atoms with Crippen LogP contribution in [0.4, 0.5) is 17.1 Å². The number of allylic oxidation sites excluding steroid dienone is 1. The largest absolute Gasteiger partial charge is 0.456 e. The summed E-state index contributed by atoms with van der Waals surface area (Å²) in [7, 11) is -4.55. The van der Waals surface area contributed by atoms with Crippen molar-refractivity contribution in [1.82, 2.24) is 20.5 Å². The first-order chi connectivity index (χ1) is 30.3. The topological polar surface area (TPSA) is 167 Å². The Labute approximate surface area is 374 Å². The lowest BCUT2D eigenvalue weighted by molar-refractivity contribution is -0.384. The maximum atomic E-state index is 14.1. The minimum Gasteiger partial charge on any atom is -0.456 e. The third kappa shape index (κ3) is 10.8. The molecule has 0 radical (unpaired) electrons. The maximum Gasteiger partial charge on any atom is 0.293 e. The summed E-state index contributed by atoms with van der Waals surface area (Å²) in [6.45, 7) is 11.8. The molecule has 1 amide bonds. The highest BCUT2D eigenvalue weighted by atomic mass is 35.5. The van der Waals surface area contributed by atoms with Crippen LogP contribution in [-0.2, 0) is 14.8 Å². The number of nitrogens with one attached hydrogen (secondary N) is 4. The molecular formula is C47H56ClN7O7S. The molecule has 63 heavy (non-hydrogen) atoms. The fourth-order valence-corrected chi connectivity index (χ4v) is 10.1. The van der Waals surface area contributed by atoms with Crippen molar-refractivity contribution in [3.63, 3.8) is 0 Å². The van der Waals surface area contributed by atoms with Gasteiger partial charge in [0, 0.05) is 99.9 Å². The number of ether oxygens (including phenoxy) is 2. The van der Waals surface area contributed by atoms with E-state index < -0.39 is 31.4 Å². The van der Waals surface area contributed by atoms with Crippen LogP contribution in [0.3, 0.4) is 0 Å². The van der Waals surface area contributed by atoms with Gasteiger partial charge in [-0.25, -0.2) is 13.1 Å². The highest BCUT2D eigenvalue weighted by molar-refractivity contribution is 7.90. The summed E-state index contributed by atoms with van der Waals surface area (Å²) in [4.78, 5) is 29.9. The van der Waals surface area contributed by atoms with Gasteiger partial charge in [0.25, 0.3) is 21.6 Å². The fourth-order valence-electron chi connectivity index (χ4n) is 9.01. The van der Waals surface area contributed by atoms with E-state index in [0.29, 0.717) is 38.6 Å². The minimum absolute atomic E-state index is 0.00423. The molecule has 3 aliphatic heterocycles. The van der Waals surface area contributed by atoms with E-state index in [4.69, 9.17) is 21.1 Å². The number of carbonyl (C=O) groups is 1. The summed E-state index contributed by atoms with van der Waals surface area (Å²) in [6.07, 6.45) is 4.87. The van der Waals surface area contributed by atoms with Crippen LogP contribution in [-0.4, -0.2) is 89.7 Å². The zero-order valence-corrected chi connectivity index (χ0v) is 37.4. The molecule has 0 atom stereocenters. The predicted octanol–water partition coefficient (Wildman–Crippen LogP) is 7.98. The van der Waals surface area contributed by atoms with Crippen LogP contribution in [0.1, 0.15) is 73.4 Å². The molecule has 16 heteroatoms. The Hall–Kier alpha value is -5.03. The Balaban J connectivity index is 1.02. The van der Waals surface area contributed by atoms with E-state index in [1.54, 1.807) is 12.1 Å². The van der Waals surface area contributed by atoms with E-state index in [1.165, 1.54) is 28.8 Å². The number of hydrogen-bond donors (Lipinski definition) is 4. The molecule has 1 aliphatic carbocycles. The number of nitro groups is 1. The third-order valence-electron chi connectivity index (χ3n) is 12.8. The van der Waals surface area contributed by atoms with Crippen molar-refractivity contribution in [2.45, 2.75) is 56.8 Å². The van der Waals surface area contributed by atoms with Crippen molar-refractivity contribution < 1.29 is 27.6 Å². The first-order valence-corrected chi connectivity index (χ1v) is 23.7. The van der Waals surface area contributed by atoms with Gasteiger partial charge in [-0.3, -0.25) is 30.7 Å². The maximum absolute atomic E-state index is 14.1. The number of nitrogens with zero attached hydrogens (tertiary/aromatic N) is 3. The average molecular weight is 899 g/mol. The first-order valence-electron chi connectivity index (χ1n) is 21.8. The molecule has 4 aromatic rings. The molecule has 8 rings (SSSR count). The highest BCUT2D eigenvalue weighted by Gasteiger charge is 2.31. The number of anilines is 2. The lowest BCUT2D eigenvalue weighted by Crippen LogP contribution is -2.47. The highest BCUT2D eigenvalue weighted by Crippen LogP contribution is 2.44. The van der Waals surface area contributed by atoms with Crippen LogP contribution in [0, 0.1) is 21.4 Å². The standard InChI is InChI=1S/C47H56ClN7O7S/c1-47(2)18-15-34(41(27-47)33-7-9-36(48)10-8-33)31-53-19-21-54(22-20-53)37-11-13-40(45(25-37)62-44-6-4-3-5-39(44)35-29-50-51-30-35)46(56)52-63(59,60)38-12-14-42(43(26-38)55(57)58)49-28-32-16-23-61-24-17-32/h3-14,25-26,32,35,49-51H,15-24,27-31H2,1-2H3,(H,52,56). The Morgan fingerprint density at radius 3 is 2.41 bits per heavy atom. The Bertz CT molecular complexity index is 2440. The van der Waals surface area contributed by atoms with Crippen LogP contribution in [0.15, 0.2) is 95.4 Å². The second-order valence-electron chi connectivity index (χ2n) is 17.8. The molecule has 3 saturated heterocycles. The van der Waals surface area contributed by atoms with Gasteiger partial charge in [-0.2, -0.15) is 0 Å². The number of para-hydroxylation sites is 1. The molecule has 3 fully saturated rings. The third-order valence-corrected chi connectivity index (χ3v) is 14.3. The van der Waals surface area contributed by atoms with Crippen molar-refractivity contribution in [2.75, 3.05) is 75.8 Å². The molecule has 14 nitrogen and oxygen atoms in total. The minimum atomic E-state index is -4.55. The van der Waals surface area contributed by atoms with Gasteiger partial charge in [0.15, 0.2) is 0 Å². The second-order valence-corrected chi connectivity index (χ2v) is 19.9. The van der Waals surface area contributed by atoms with E-state index in [1.807, 2.05) is 42.5 Å². The summed E-state index contributed by atoms with van der Waals surface area (Å²) in [5.74, 6) is 0.194. The number of benzene rings is 4. The van der Waals surface area contributed by atoms with Gasteiger partial charge in [-0.15, -0.1) is 0 Å². The molecule has 0 aromatic heterocycles. The Kier molecular flexibility index (Phi) is 13.7. The van der Waals surface area contributed by atoms with Gasteiger partial charge >= 0.3 is 0 Å². The quantitative estimate of drug-likeness (QED) is 0.0713. The first kappa shape index (κ1) is 44.6. The van der Waals surface area contributed by atoms with E-state index >= 15 is 0 Å². The lowest BCUT2D eigenvalue weighted by Gasteiger charge is -2.39. The van der Waals surface area contributed by atoms with E-state index in [-0.39, 0.29) is 34.3 Å². The van der Waals surface area contributed by atoms with Gasteiger partial charge in [0.2, 0.25) is 0 Å². The zero-order chi connectivity index (χ0) is 44.1. The summed E-state index contributed by atoms with van der Waals surface area (Å²) in [5.41, 5.74) is 12.3. The van der Waals surface area contributed by atoms with Gasteiger partial charge in [-0.05, 0) is 97.0 Å². The molecule has 0 unspecified atom stereocenters. The van der Waals surface area contributed by atoms with Crippen molar-refractivity contribution in [3.8, 4) is 11.5 Å². The Morgan fingerprint density at radius 2 is 1.68 bits per heavy atom. The Morgan fingerprint density at radius 1 is 0.952 bits per heavy atom. The average Bonchev–Trinajstić information content (AvgIpc) is 3.82. The van der Waals surface area contributed by atoms with Gasteiger partial charge in [0.1, 0.15) is 17.2 Å². The van der Waals surface area contributed by atoms with Gasteiger partial charge in [0.05, 0.1) is 15.4 Å². The van der Waals surface area contributed by atoms with Crippen LogP contribution in [0.25, 0.3) is 5.57 Å². The number of halogens is 1. The zero-order valence-electron chi connectivity index (χ0n) is 35.8. The fraction of sp³-hybridized carbons (Fsp3) is 0.426. The second kappa shape index (κ2) is 19.4. The van der Waals surface area contributed by atoms with E-state index in [9.17, 15) is 23.3 Å². The summed E-state index contributed by atoms with van der Waals surface area (Å²) >= 11 is 6.25. The number of hydrazine groups is 1. The molecule has 3 heterocycles. The van der Waals surface area contributed by atoms with E-state index in [0.717, 1.165) is 87.2 Å². The van der Waals surface area contributed by atoms with Crippen molar-refractivity contribution in [2.24, 2.45) is 11.3 Å². The van der Waals surface area contributed by atoms with Crippen molar-refractivity contribution >= 4 is 50.2 Å². The van der Waals surface area contributed by atoms with Crippen LogP contribution in [0.2, 0.25) is 5.02 Å². The molecule has 0 spiro atoms. The van der Waals surface area contributed by atoms with Crippen molar-refractivity contribution in [1.29, 1.82) is 0 Å². The molecule has 4 aliphatic rings. The van der Waals surface area contributed by atoms with E-state index in [2.05, 4.69) is 56.7 Å². The molecular weight excluding hydrogens is 842 g/mol. The van der Waals surface area contributed by atoms with Crippen LogP contribution >= 0.6 is 11.6 Å². The smallest absolute Gasteiger partial charge is 0.293 e. The normalized spacial score (nSPS) is 18.9. The number of piperazine rings is 1. The van der Waals surface area contributed by atoms with Gasteiger partial charge < -0.3 is 19.7 Å². The molecule has 334 valence electrons. The van der Waals surface area contributed by atoms with Crippen LogP contribution in [0.5, 0.6) is 11.5 Å². The summed E-state index contributed by atoms with van der Waals surface area (Å²) in [5, 5.41) is 16.0. The molecule has 4 aromatic carbocycles. The van der Waals surface area contributed by atoms with Crippen LogP contribution < -0.4 is 30.5 Å².